The normalized spacial score (nSPS) is 15.4. The Morgan fingerprint density at radius 1 is 0.976 bits per heavy atom. The van der Waals surface area contributed by atoms with E-state index in [2.05, 4.69) is 10.3 Å². The lowest BCUT2D eigenvalue weighted by atomic mass is 9.95. The van der Waals surface area contributed by atoms with Crippen LogP contribution < -0.4 is 10.1 Å². The van der Waals surface area contributed by atoms with E-state index in [0.29, 0.717) is 11.3 Å². The van der Waals surface area contributed by atoms with E-state index in [-0.39, 0.29) is 17.9 Å². The average Bonchev–Trinajstić information content (AvgIpc) is 2.83. The minimum atomic E-state index is -5.17. The molecule has 0 saturated heterocycles. The maximum atomic E-state index is 13.9. The lowest BCUT2D eigenvalue weighted by Crippen LogP contribution is -2.45. The van der Waals surface area contributed by atoms with Crippen LogP contribution in [0.4, 0.5) is 18.0 Å². The summed E-state index contributed by atoms with van der Waals surface area (Å²) in [6.45, 7) is 7.95. The molecule has 0 aliphatic rings. The molecule has 1 heterocycles. The van der Waals surface area contributed by atoms with Crippen molar-refractivity contribution < 1.29 is 51.8 Å². The molecule has 2 rings (SSSR count). The molecular weight excluding hydrogens is 569 g/mol. The van der Waals surface area contributed by atoms with Crippen molar-refractivity contribution in [2.45, 2.75) is 76.5 Å². The zero-order chi connectivity index (χ0) is 31.2. The molecule has 1 aromatic heterocycles. The van der Waals surface area contributed by atoms with E-state index >= 15 is 0 Å². The monoisotopic (exact) mass is 604 g/mol. The smallest absolute Gasteiger partial charge is 0.423 e. The number of ether oxygens (including phenoxy) is 2. The molecule has 0 fully saturated rings. The van der Waals surface area contributed by atoms with Crippen LogP contribution in [0.15, 0.2) is 42.6 Å². The van der Waals surface area contributed by atoms with Gasteiger partial charge in [-0.05, 0) is 70.9 Å². The van der Waals surface area contributed by atoms with Gasteiger partial charge in [0.2, 0.25) is 5.60 Å². The molecule has 0 bridgehead atoms. The summed E-state index contributed by atoms with van der Waals surface area (Å²) in [6, 6.07) is 7.07. The van der Waals surface area contributed by atoms with Crippen LogP contribution in [0.1, 0.15) is 58.7 Å². The highest BCUT2D eigenvalue weighted by Gasteiger charge is 2.55. The minimum absolute atomic E-state index is 0.0926. The highest BCUT2D eigenvalue weighted by molar-refractivity contribution is 7.84. The van der Waals surface area contributed by atoms with E-state index in [1.54, 1.807) is 58.9 Å². The third kappa shape index (κ3) is 10.3. The molecule has 41 heavy (non-hydrogen) atoms. The first kappa shape index (κ1) is 34.0. The highest BCUT2D eigenvalue weighted by atomic mass is 32.2. The predicted octanol–water partition coefficient (Wildman–Crippen LogP) is 4.36. The number of nitrogens with zero attached hydrogens (tertiary/aromatic N) is 1. The molecule has 0 radical (unpaired) electrons. The van der Waals surface area contributed by atoms with Crippen molar-refractivity contribution in [1.29, 1.82) is 0 Å². The van der Waals surface area contributed by atoms with Gasteiger partial charge in [0.05, 0.1) is 17.5 Å². The second-order valence-corrected chi connectivity index (χ2v) is 12.5. The number of hydrogen-bond donors (Lipinski definition) is 4. The van der Waals surface area contributed by atoms with Crippen LogP contribution in [0, 0.1) is 0 Å². The van der Waals surface area contributed by atoms with Crippen LogP contribution in [0.5, 0.6) is 11.5 Å². The Balaban J connectivity index is 2.05. The number of aliphatic hydroxyl groups is 2. The van der Waals surface area contributed by atoms with E-state index in [4.69, 9.17) is 9.47 Å². The maximum Gasteiger partial charge on any atom is 0.423 e. The number of alkyl halides is 3. The topological polar surface area (TPSA) is 155 Å². The second kappa shape index (κ2) is 13.2. The summed E-state index contributed by atoms with van der Waals surface area (Å²) in [7, 11) is -1.97. The molecule has 10 nitrogen and oxygen atoms in total. The Hall–Kier alpha value is -3.23. The van der Waals surface area contributed by atoms with Crippen LogP contribution in [0.3, 0.4) is 0 Å². The van der Waals surface area contributed by atoms with Gasteiger partial charge >= 0.3 is 18.2 Å². The number of aromatic nitrogens is 1. The van der Waals surface area contributed by atoms with Crippen molar-refractivity contribution in [2.24, 2.45) is 0 Å². The van der Waals surface area contributed by atoms with Crippen molar-refractivity contribution in [3.8, 4) is 11.5 Å². The molecular formula is C27H35F3N2O8S. The van der Waals surface area contributed by atoms with Gasteiger partial charge in [0.1, 0.15) is 23.1 Å². The van der Waals surface area contributed by atoms with Crippen molar-refractivity contribution in [3.63, 3.8) is 0 Å². The van der Waals surface area contributed by atoms with Crippen LogP contribution in [-0.4, -0.2) is 65.9 Å². The summed E-state index contributed by atoms with van der Waals surface area (Å²) in [5.74, 6) is -1.97. The summed E-state index contributed by atoms with van der Waals surface area (Å²) in [5, 5.41) is 32.1. The number of carboxylic acid groups (broad SMARTS) is 1. The third-order valence-electron chi connectivity index (χ3n) is 5.74. The minimum Gasteiger partial charge on any atom is -0.480 e. The van der Waals surface area contributed by atoms with E-state index < -0.39 is 69.8 Å². The number of alkyl carbamates (subject to hydrolysis) is 1. The molecule has 3 unspecified atom stereocenters. The SMILES string of the molecule is CC(C)(C)OC(=O)NC(CCS(=O)CCC(O)(c1ccc(Oc2ccc(C(C)(C)O)cc2)cn1)C(F)(F)F)C(=O)O. The summed E-state index contributed by atoms with van der Waals surface area (Å²) in [5.41, 5.74) is -5.50. The zero-order valence-corrected chi connectivity index (χ0v) is 24.1. The third-order valence-corrected chi connectivity index (χ3v) is 7.09. The molecule has 228 valence electrons. The Morgan fingerprint density at radius 3 is 2.02 bits per heavy atom. The van der Waals surface area contributed by atoms with E-state index in [1.165, 1.54) is 6.07 Å². The van der Waals surface area contributed by atoms with Gasteiger partial charge in [-0.1, -0.05) is 12.1 Å². The fraction of sp³-hybridized carbons (Fsp3) is 0.519. The molecule has 1 amide bonds. The number of halogens is 3. The number of carbonyl (C=O) groups is 2. The molecule has 2 aromatic rings. The molecule has 0 aliphatic carbocycles. The van der Waals surface area contributed by atoms with Crippen LogP contribution in [0.25, 0.3) is 0 Å². The van der Waals surface area contributed by atoms with Gasteiger partial charge in [0.15, 0.2) is 0 Å². The van der Waals surface area contributed by atoms with Gasteiger partial charge in [-0.3, -0.25) is 9.19 Å². The Morgan fingerprint density at radius 2 is 1.56 bits per heavy atom. The number of pyridine rings is 1. The number of aliphatic carboxylic acids is 1. The Kier molecular flexibility index (Phi) is 10.9. The fourth-order valence-corrected chi connectivity index (χ4v) is 4.71. The van der Waals surface area contributed by atoms with Crippen molar-refractivity contribution in [1.82, 2.24) is 10.3 Å². The first-order valence-corrected chi connectivity index (χ1v) is 14.0. The molecule has 14 heteroatoms. The molecule has 0 saturated carbocycles. The Bertz CT molecular complexity index is 1210. The van der Waals surface area contributed by atoms with Gasteiger partial charge in [0, 0.05) is 28.7 Å². The number of amides is 1. The van der Waals surface area contributed by atoms with E-state index in [1.807, 2.05) is 0 Å². The quantitative estimate of drug-likeness (QED) is 0.277. The largest absolute Gasteiger partial charge is 0.480 e. The standard InChI is InChI=1S/C27H35F3N2O8S/c1-24(2,3)40-23(35)32-20(22(33)34)12-14-41(38)15-13-26(37,27(28,29)30)21-11-10-19(16-31-21)39-18-8-6-17(7-9-18)25(4,5)36/h6-11,16,20,36-37H,12-15H2,1-5H3,(H,32,35)(H,33,34). The van der Waals surface area contributed by atoms with Gasteiger partial charge in [-0.2, -0.15) is 13.2 Å². The number of carbonyl (C=O) groups excluding carboxylic acids is 1. The lowest BCUT2D eigenvalue weighted by Gasteiger charge is -2.30. The molecule has 1 aromatic carbocycles. The fourth-order valence-electron chi connectivity index (χ4n) is 3.49. The first-order chi connectivity index (χ1) is 18.7. The molecule has 3 atom stereocenters. The van der Waals surface area contributed by atoms with Crippen molar-refractivity contribution >= 4 is 22.9 Å². The van der Waals surface area contributed by atoms with Gasteiger partial charge in [-0.25, -0.2) is 9.59 Å². The summed E-state index contributed by atoms with van der Waals surface area (Å²) >= 11 is 0. The van der Waals surface area contributed by atoms with Gasteiger partial charge in [-0.15, -0.1) is 0 Å². The van der Waals surface area contributed by atoms with Gasteiger partial charge < -0.3 is 30.1 Å². The predicted molar refractivity (Wildman–Crippen MR) is 144 cm³/mol. The maximum absolute atomic E-state index is 13.9. The van der Waals surface area contributed by atoms with Crippen molar-refractivity contribution in [3.05, 3.63) is 53.9 Å². The molecule has 0 aliphatic heterocycles. The number of rotatable bonds is 12. The average molecular weight is 605 g/mol. The van der Waals surface area contributed by atoms with Crippen LogP contribution >= 0.6 is 0 Å². The van der Waals surface area contributed by atoms with Crippen LogP contribution in [-0.2, 0) is 31.5 Å². The lowest BCUT2D eigenvalue weighted by molar-refractivity contribution is -0.268. The number of carboxylic acids is 1. The number of benzene rings is 1. The van der Waals surface area contributed by atoms with E-state index in [0.717, 1.165) is 12.3 Å². The van der Waals surface area contributed by atoms with Crippen LogP contribution in [0.2, 0.25) is 0 Å². The highest BCUT2D eigenvalue weighted by Crippen LogP contribution is 2.41. The molecule has 0 spiro atoms. The summed E-state index contributed by atoms with van der Waals surface area (Å²) in [4.78, 5) is 27.1. The summed E-state index contributed by atoms with van der Waals surface area (Å²) < 4.78 is 64.9. The molecule has 4 N–H and O–H groups in total. The number of hydrogen-bond acceptors (Lipinski definition) is 8. The van der Waals surface area contributed by atoms with Gasteiger partial charge in [0.25, 0.3) is 0 Å². The second-order valence-electron chi connectivity index (χ2n) is 10.8. The number of nitrogens with one attached hydrogen (secondary N) is 1. The zero-order valence-electron chi connectivity index (χ0n) is 23.3. The Labute approximate surface area is 238 Å². The first-order valence-electron chi connectivity index (χ1n) is 12.5. The van der Waals surface area contributed by atoms with Crippen molar-refractivity contribution in [2.75, 3.05) is 11.5 Å². The summed E-state index contributed by atoms with van der Waals surface area (Å²) in [6.07, 6.45) is -6.51. The van der Waals surface area contributed by atoms with E-state index in [9.17, 15) is 42.3 Å².